The van der Waals surface area contributed by atoms with Gasteiger partial charge in [-0.25, -0.2) is 10.6 Å². The summed E-state index contributed by atoms with van der Waals surface area (Å²) in [5.74, 6) is 5.51. The number of hydrogen-bond acceptors (Lipinski definition) is 8. The fourth-order valence-corrected chi connectivity index (χ4v) is 3.41. The van der Waals surface area contributed by atoms with Crippen molar-refractivity contribution in [1.29, 1.82) is 0 Å². The number of aryl methyl sites for hydroxylation is 2. The lowest BCUT2D eigenvalue weighted by Gasteiger charge is -2.15. The number of pyridine rings is 2. The number of rotatable bonds is 12. The van der Waals surface area contributed by atoms with E-state index < -0.39 is 12.0 Å². The summed E-state index contributed by atoms with van der Waals surface area (Å²) >= 11 is 0. The minimum atomic E-state index is -0.637. The van der Waals surface area contributed by atoms with Crippen molar-refractivity contribution in [2.45, 2.75) is 39.5 Å². The monoisotopic (exact) mass is 519 g/mol. The van der Waals surface area contributed by atoms with Crippen LogP contribution in [0.4, 0.5) is 10.5 Å². The second-order valence-electron chi connectivity index (χ2n) is 8.65. The Labute approximate surface area is 221 Å². The molecule has 0 aliphatic rings. The fraction of sp³-hybridized carbons (Fsp3) is 0.259. The smallest absolute Gasteiger partial charge is 0.411 e. The summed E-state index contributed by atoms with van der Waals surface area (Å²) in [4.78, 5) is 40.8. The second kappa shape index (κ2) is 14.2. The fourth-order valence-electron chi connectivity index (χ4n) is 3.41. The maximum atomic E-state index is 12.4. The predicted molar refractivity (Wildman–Crippen MR) is 144 cm³/mol. The molecule has 2 aromatic heterocycles. The van der Waals surface area contributed by atoms with Crippen LogP contribution in [-0.4, -0.2) is 33.1 Å². The summed E-state index contributed by atoms with van der Waals surface area (Å²) in [5.41, 5.74) is 8.58. The van der Waals surface area contributed by atoms with Crippen LogP contribution in [0.3, 0.4) is 0 Å². The molecule has 0 saturated carbocycles. The average Bonchev–Trinajstić information content (AvgIpc) is 2.91. The van der Waals surface area contributed by atoms with Crippen LogP contribution in [0.5, 0.6) is 0 Å². The molecule has 0 unspecified atom stereocenters. The van der Waals surface area contributed by atoms with E-state index in [9.17, 15) is 14.4 Å². The molecule has 11 heteroatoms. The first-order chi connectivity index (χ1) is 18.3. The van der Waals surface area contributed by atoms with Crippen molar-refractivity contribution in [3.05, 3.63) is 106 Å². The molecule has 0 spiro atoms. The Kier molecular flexibility index (Phi) is 10.4. The van der Waals surface area contributed by atoms with Crippen LogP contribution in [0.2, 0.25) is 0 Å². The predicted octanol–water partition coefficient (Wildman–Crippen LogP) is 2.37. The standard InChI is InChI=1S/C27H33N7O4/c1-20-9-10-22(16-30-20)17-31-26(36)24(28)18-34(29)13-6-5-12-33-14-11-23(15-25(33)35)32-27(37)38-19-21-7-3-2-4-8-21/h2-4,7-11,14-16,18H,5-6,12-13,17,19,28-29H2,1H3,(H,31,36)(H,32,37)/b24-18-. The zero-order chi connectivity index (χ0) is 27.3. The van der Waals surface area contributed by atoms with E-state index in [0.29, 0.717) is 38.2 Å². The molecule has 6 N–H and O–H groups in total. The molecule has 0 bridgehead atoms. The molecule has 11 nitrogen and oxygen atoms in total. The Hall–Kier alpha value is -4.64. The van der Waals surface area contributed by atoms with Gasteiger partial charge in [0.1, 0.15) is 12.3 Å². The number of carbonyl (C=O) groups is 2. The summed E-state index contributed by atoms with van der Waals surface area (Å²) in [6.07, 6.45) is 5.38. The number of hydrazine groups is 1. The normalized spacial score (nSPS) is 11.1. The minimum absolute atomic E-state index is 0.00539. The zero-order valence-corrected chi connectivity index (χ0v) is 21.3. The van der Waals surface area contributed by atoms with E-state index in [0.717, 1.165) is 16.8 Å². The van der Waals surface area contributed by atoms with Crippen molar-refractivity contribution >= 4 is 17.7 Å². The third kappa shape index (κ3) is 9.43. The van der Waals surface area contributed by atoms with Gasteiger partial charge in [-0.05, 0) is 43.0 Å². The number of nitrogens with two attached hydrogens (primary N) is 2. The molecule has 200 valence electrons. The lowest BCUT2D eigenvalue weighted by Crippen LogP contribution is -2.33. The first kappa shape index (κ1) is 27.9. The summed E-state index contributed by atoms with van der Waals surface area (Å²) in [7, 11) is 0. The van der Waals surface area contributed by atoms with Gasteiger partial charge in [-0.15, -0.1) is 0 Å². The van der Waals surface area contributed by atoms with Crippen LogP contribution in [0, 0.1) is 6.92 Å². The number of ether oxygens (including phenoxy) is 1. The number of anilines is 1. The van der Waals surface area contributed by atoms with Gasteiger partial charge in [0.05, 0.1) is 5.69 Å². The van der Waals surface area contributed by atoms with Crippen molar-refractivity contribution < 1.29 is 14.3 Å². The number of amides is 2. The van der Waals surface area contributed by atoms with Gasteiger partial charge in [-0.2, -0.15) is 0 Å². The maximum Gasteiger partial charge on any atom is 0.411 e. The highest BCUT2D eigenvalue weighted by Gasteiger charge is 2.08. The van der Waals surface area contributed by atoms with E-state index >= 15 is 0 Å². The van der Waals surface area contributed by atoms with Crippen LogP contribution in [-0.2, 0) is 29.2 Å². The molecule has 3 rings (SSSR count). The number of hydrogen-bond donors (Lipinski definition) is 4. The van der Waals surface area contributed by atoms with Gasteiger partial charge in [-0.1, -0.05) is 36.4 Å². The molecule has 1 aromatic carbocycles. The largest absolute Gasteiger partial charge is 0.444 e. The molecule has 0 radical (unpaired) electrons. The molecule has 0 saturated heterocycles. The summed E-state index contributed by atoms with van der Waals surface area (Å²) in [6.45, 7) is 3.24. The maximum absolute atomic E-state index is 12.4. The number of nitrogens with zero attached hydrogens (tertiary/aromatic N) is 3. The van der Waals surface area contributed by atoms with Crippen LogP contribution in [0.15, 0.2) is 83.7 Å². The highest BCUT2D eigenvalue weighted by atomic mass is 16.5. The molecule has 2 heterocycles. The first-order valence-corrected chi connectivity index (χ1v) is 12.2. The molecule has 0 aliphatic carbocycles. The molecule has 38 heavy (non-hydrogen) atoms. The van der Waals surface area contributed by atoms with E-state index in [1.807, 2.05) is 49.4 Å². The van der Waals surface area contributed by atoms with Gasteiger partial charge >= 0.3 is 6.09 Å². The van der Waals surface area contributed by atoms with Crippen LogP contribution in [0.25, 0.3) is 0 Å². The first-order valence-electron chi connectivity index (χ1n) is 12.2. The number of aromatic nitrogens is 2. The highest BCUT2D eigenvalue weighted by Crippen LogP contribution is 2.06. The van der Waals surface area contributed by atoms with Crippen molar-refractivity contribution in [2.75, 3.05) is 11.9 Å². The molecule has 0 aliphatic heterocycles. The van der Waals surface area contributed by atoms with Crippen LogP contribution >= 0.6 is 0 Å². The Bertz CT molecular complexity index is 1290. The number of unbranched alkanes of at least 4 members (excludes halogenated alkanes) is 1. The number of benzene rings is 1. The molecular formula is C27H33N7O4. The van der Waals surface area contributed by atoms with Gasteiger partial charge in [0.15, 0.2) is 0 Å². The number of nitrogens with one attached hydrogen (secondary N) is 2. The van der Waals surface area contributed by atoms with Crippen molar-refractivity contribution in [1.82, 2.24) is 19.9 Å². The summed E-state index contributed by atoms with van der Waals surface area (Å²) in [5, 5.41) is 6.63. The van der Waals surface area contributed by atoms with E-state index in [-0.39, 0.29) is 17.9 Å². The molecule has 0 fully saturated rings. The zero-order valence-electron chi connectivity index (χ0n) is 21.3. The van der Waals surface area contributed by atoms with Gasteiger partial charge < -0.3 is 25.4 Å². The van der Waals surface area contributed by atoms with E-state index in [4.69, 9.17) is 16.3 Å². The van der Waals surface area contributed by atoms with E-state index in [2.05, 4.69) is 15.6 Å². The summed E-state index contributed by atoms with van der Waals surface area (Å²) in [6, 6.07) is 16.0. The van der Waals surface area contributed by atoms with Gasteiger partial charge in [-0.3, -0.25) is 19.9 Å². The minimum Gasteiger partial charge on any atom is -0.444 e. The van der Waals surface area contributed by atoms with E-state index in [1.165, 1.54) is 17.3 Å². The third-order valence-corrected chi connectivity index (χ3v) is 5.51. The summed E-state index contributed by atoms with van der Waals surface area (Å²) < 4.78 is 6.71. The molecule has 3 aromatic rings. The topological polar surface area (TPSA) is 158 Å². The average molecular weight is 520 g/mol. The second-order valence-corrected chi connectivity index (χ2v) is 8.65. The van der Waals surface area contributed by atoms with Gasteiger partial charge in [0.25, 0.3) is 11.5 Å². The van der Waals surface area contributed by atoms with Crippen molar-refractivity contribution in [3.63, 3.8) is 0 Å². The highest BCUT2D eigenvalue weighted by molar-refractivity contribution is 5.92. The SMILES string of the molecule is Cc1ccc(CNC(=O)/C(N)=C/N(N)CCCCn2ccc(NC(=O)OCc3ccccc3)cc2=O)cn1. The lowest BCUT2D eigenvalue weighted by atomic mass is 10.2. The quantitative estimate of drug-likeness (QED) is 0.123. The van der Waals surface area contributed by atoms with Gasteiger partial charge in [0, 0.05) is 50.0 Å². The third-order valence-electron chi connectivity index (χ3n) is 5.51. The Morgan fingerprint density at radius 1 is 1.11 bits per heavy atom. The Morgan fingerprint density at radius 2 is 1.89 bits per heavy atom. The Balaban J connectivity index is 1.36. The van der Waals surface area contributed by atoms with Crippen molar-refractivity contribution in [3.8, 4) is 0 Å². The van der Waals surface area contributed by atoms with Gasteiger partial charge in [0.2, 0.25) is 0 Å². The van der Waals surface area contributed by atoms with Crippen LogP contribution in [0.1, 0.15) is 29.7 Å². The van der Waals surface area contributed by atoms with E-state index in [1.54, 1.807) is 23.0 Å². The molecular weight excluding hydrogens is 486 g/mol. The molecule has 0 atom stereocenters. The lowest BCUT2D eigenvalue weighted by molar-refractivity contribution is -0.117. The van der Waals surface area contributed by atoms with Crippen LogP contribution < -0.4 is 27.8 Å². The van der Waals surface area contributed by atoms with Crippen molar-refractivity contribution in [2.24, 2.45) is 11.6 Å². The Morgan fingerprint density at radius 3 is 2.61 bits per heavy atom. The number of carbonyl (C=O) groups excluding carboxylic acids is 2. The molecule has 2 amide bonds.